The number of halogens is 7. The first-order valence-corrected chi connectivity index (χ1v) is 14.4. The molecule has 11 heteroatoms. The van der Waals surface area contributed by atoms with Crippen LogP contribution in [-0.2, 0) is 17.2 Å². The predicted molar refractivity (Wildman–Crippen MR) is 157 cm³/mol. The summed E-state index contributed by atoms with van der Waals surface area (Å²) in [5, 5.41) is 22.7. The predicted octanol–water partition coefficient (Wildman–Crippen LogP) is 7.94. The zero-order chi connectivity index (χ0) is 31.5. The Morgan fingerprint density at radius 1 is 0.932 bits per heavy atom. The summed E-state index contributed by atoms with van der Waals surface area (Å²) in [4.78, 5) is 8.83. The van der Waals surface area contributed by atoms with Crippen molar-refractivity contribution in [2.24, 2.45) is 21.8 Å². The van der Waals surface area contributed by atoms with Gasteiger partial charge in [-0.1, -0.05) is 54.1 Å². The summed E-state index contributed by atoms with van der Waals surface area (Å²) in [5.74, 6) is -0.222. The maximum Gasteiger partial charge on any atom is 0.416 e. The van der Waals surface area contributed by atoms with Crippen LogP contribution in [0.1, 0.15) is 41.5 Å². The minimum absolute atomic E-state index is 0.0508. The molecule has 6 rings (SSSR count). The fourth-order valence-electron chi connectivity index (χ4n) is 6.57. The average molecular weight is 633 g/mol. The molecule has 0 bridgehead atoms. The Bertz CT molecular complexity index is 1740. The molecule has 4 unspecified atom stereocenters. The van der Waals surface area contributed by atoms with Gasteiger partial charge >= 0.3 is 12.4 Å². The third-order valence-corrected chi connectivity index (χ3v) is 9.34. The van der Waals surface area contributed by atoms with Gasteiger partial charge in [-0.25, -0.2) is 0 Å². The van der Waals surface area contributed by atoms with Crippen molar-refractivity contribution in [3.05, 3.63) is 106 Å². The van der Waals surface area contributed by atoms with Gasteiger partial charge in [0.1, 0.15) is 11.0 Å². The third-order valence-electron chi connectivity index (χ3n) is 9.12. The molecule has 3 aromatic carbocycles. The average Bonchev–Trinajstić information content (AvgIpc) is 3.33. The molecule has 1 fully saturated rings. The molecule has 2 aliphatic heterocycles. The van der Waals surface area contributed by atoms with Crippen LogP contribution in [0.2, 0.25) is 5.02 Å². The molecule has 230 valence electrons. The van der Waals surface area contributed by atoms with Crippen LogP contribution in [0.15, 0.2) is 89.0 Å². The van der Waals surface area contributed by atoms with Gasteiger partial charge in [-0.15, -0.1) is 0 Å². The normalized spacial score (nSPS) is 27.2. The van der Waals surface area contributed by atoms with E-state index in [1.807, 2.05) is 0 Å². The molecule has 2 N–H and O–H groups in total. The van der Waals surface area contributed by atoms with Gasteiger partial charge in [0, 0.05) is 47.0 Å². The van der Waals surface area contributed by atoms with Crippen LogP contribution in [0.3, 0.4) is 0 Å². The Labute approximate surface area is 254 Å². The first-order valence-electron chi connectivity index (χ1n) is 14.1. The highest BCUT2D eigenvalue weighted by atomic mass is 35.5. The lowest BCUT2D eigenvalue weighted by molar-refractivity contribution is -0.184. The summed E-state index contributed by atoms with van der Waals surface area (Å²) < 4.78 is 85.1. The molecule has 4 atom stereocenters. The van der Waals surface area contributed by atoms with Crippen molar-refractivity contribution in [2.45, 2.75) is 42.6 Å². The highest BCUT2D eigenvalue weighted by Gasteiger charge is 2.59. The second-order valence-corrected chi connectivity index (χ2v) is 12.0. The van der Waals surface area contributed by atoms with Crippen molar-refractivity contribution >= 4 is 33.8 Å². The zero-order valence-corrected chi connectivity index (χ0v) is 23.9. The van der Waals surface area contributed by atoms with E-state index in [2.05, 4.69) is 9.98 Å². The summed E-state index contributed by atoms with van der Waals surface area (Å²) in [7, 11) is 0. The van der Waals surface area contributed by atoms with E-state index in [9.17, 15) is 36.6 Å². The Morgan fingerprint density at radius 3 is 2.34 bits per heavy atom. The van der Waals surface area contributed by atoms with Gasteiger partial charge in [0.15, 0.2) is 0 Å². The zero-order valence-electron chi connectivity index (χ0n) is 23.1. The number of fused-ring (bicyclic) bond motifs is 1. The molecule has 0 saturated heterocycles. The van der Waals surface area contributed by atoms with Crippen LogP contribution >= 0.6 is 11.6 Å². The van der Waals surface area contributed by atoms with Crippen LogP contribution < -0.4 is 0 Å². The molecule has 3 aliphatic rings. The summed E-state index contributed by atoms with van der Waals surface area (Å²) in [6, 6.07) is 12.2. The number of alkyl halides is 6. The van der Waals surface area contributed by atoms with E-state index in [4.69, 9.17) is 11.6 Å². The van der Waals surface area contributed by atoms with Gasteiger partial charge in [-0.05, 0) is 65.4 Å². The van der Waals surface area contributed by atoms with Crippen molar-refractivity contribution in [2.75, 3.05) is 13.2 Å². The lowest BCUT2D eigenvalue weighted by atomic mass is 9.66. The summed E-state index contributed by atoms with van der Waals surface area (Å²) in [6.45, 7) is -0.857. The number of aliphatic imine (C=N–C) groups is 2. The fraction of sp³-hybridized carbons (Fsp3) is 0.333. The van der Waals surface area contributed by atoms with E-state index < -0.39 is 52.5 Å². The standard InChI is InChI=1S/C33H27ClF6N2O2/c34-22-14-20(13-21(15-22)32(35,36)37)30(33(38,39)40)16-28(42-18-30)26-9-10-27(25-6-2-1-5-24(25)26)31(44)11-3-4-12-41-29(31)23-8-7-19(23)17-43/h1-6,9-15,19,23,43-44H,7-8,16-18H2. The Morgan fingerprint density at radius 2 is 1.68 bits per heavy atom. The van der Waals surface area contributed by atoms with Crippen molar-refractivity contribution < 1.29 is 36.6 Å². The number of rotatable bonds is 5. The van der Waals surface area contributed by atoms with Crippen LogP contribution in [0.4, 0.5) is 26.3 Å². The maximum atomic E-state index is 14.8. The SMILES string of the molecule is OCC1CCC1C1=NC=CC=CC1(O)c1ccc(C2=NCC(c3cc(Cl)cc(C(F)(F)F)c3)(C(F)(F)F)C2)c2ccccc12. The molecule has 1 saturated carbocycles. The number of aliphatic hydroxyl groups is 2. The molecule has 3 aromatic rings. The molecular weight excluding hydrogens is 606 g/mol. The van der Waals surface area contributed by atoms with Crippen LogP contribution in [0.25, 0.3) is 10.8 Å². The van der Waals surface area contributed by atoms with E-state index >= 15 is 0 Å². The van der Waals surface area contributed by atoms with Crippen LogP contribution in [0, 0.1) is 11.8 Å². The molecule has 0 aromatic heterocycles. The van der Waals surface area contributed by atoms with E-state index in [-0.39, 0.29) is 24.2 Å². The monoisotopic (exact) mass is 632 g/mol. The van der Waals surface area contributed by atoms with Crippen molar-refractivity contribution in [1.29, 1.82) is 0 Å². The lowest BCUT2D eigenvalue weighted by Crippen LogP contribution is -2.46. The molecule has 2 heterocycles. The van der Waals surface area contributed by atoms with Gasteiger partial charge in [0.05, 0.1) is 17.8 Å². The first kappa shape index (κ1) is 30.6. The number of nitrogens with zero attached hydrogens (tertiary/aromatic N) is 2. The number of hydrogen-bond acceptors (Lipinski definition) is 4. The second kappa shape index (κ2) is 10.9. The van der Waals surface area contributed by atoms with E-state index in [0.717, 1.165) is 18.9 Å². The van der Waals surface area contributed by atoms with Gasteiger partial charge in [0.25, 0.3) is 0 Å². The van der Waals surface area contributed by atoms with E-state index in [1.54, 1.807) is 60.8 Å². The topological polar surface area (TPSA) is 65.2 Å². The molecule has 0 spiro atoms. The minimum atomic E-state index is -4.94. The summed E-state index contributed by atoms with van der Waals surface area (Å²) in [5.41, 5.74) is -4.86. The summed E-state index contributed by atoms with van der Waals surface area (Å²) >= 11 is 5.90. The van der Waals surface area contributed by atoms with Crippen LogP contribution in [-0.4, -0.2) is 41.0 Å². The highest BCUT2D eigenvalue weighted by Crippen LogP contribution is 2.50. The Hall–Kier alpha value is -3.47. The van der Waals surface area contributed by atoms with Gasteiger partial charge < -0.3 is 10.2 Å². The van der Waals surface area contributed by atoms with Gasteiger partial charge in [-0.3, -0.25) is 9.98 Å². The molecular formula is C33H27ClF6N2O2. The largest absolute Gasteiger partial charge is 0.416 e. The van der Waals surface area contributed by atoms with Crippen molar-refractivity contribution in [1.82, 2.24) is 0 Å². The lowest BCUT2D eigenvalue weighted by Gasteiger charge is -2.41. The van der Waals surface area contributed by atoms with Gasteiger partial charge in [0.2, 0.25) is 0 Å². The molecule has 0 radical (unpaired) electrons. The number of aliphatic hydroxyl groups excluding tert-OH is 1. The molecule has 44 heavy (non-hydrogen) atoms. The maximum absolute atomic E-state index is 14.8. The van der Waals surface area contributed by atoms with Gasteiger partial charge in [-0.2, -0.15) is 26.3 Å². The fourth-order valence-corrected chi connectivity index (χ4v) is 6.81. The van der Waals surface area contributed by atoms with Crippen molar-refractivity contribution in [3.63, 3.8) is 0 Å². The van der Waals surface area contributed by atoms with Crippen LogP contribution in [0.5, 0.6) is 0 Å². The first-order chi connectivity index (χ1) is 20.8. The number of allylic oxidation sites excluding steroid dienone is 2. The molecule has 0 amide bonds. The second-order valence-electron chi connectivity index (χ2n) is 11.6. The molecule has 1 aliphatic carbocycles. The highest BCUT2D eigenvalue weighted by molar-refractivity contribution is 6.30. The quantitative estimate of drug-likeness (QED) is 0.281. The molecule has 4 nitrogen and oxygen atoms in total. The van der Waals surface area contributed by atoms with Crippen molar-refractivity contribution in [3.8, 4) is 0 Å². The Kier molecular flexibility index (Phi) is 7.54. The number of hydrogen-bond donors (Lipinski definition) is 2. The third kappa shape index (κ3) is 4.97. The van der Waals surface area contributed by atoms with E-state index in [0.29, 0.717) is 39.7 Å². The Balaban J connectivity index is 1.45. The van der Waals surface area contributed by atoms with E-state index in [1.165, 1.54) is 0 Å². The summed E-state index contributed by atoms with van der Waals surface area (Å²) in [6.07, 6.45) is -2.44. The number of benzene rings is 3. The smallest absolute Gasteiger partial charge is 0.396 e. The minimum Gasteiger partial charge on any atom is -0.396 e.